The lowest BCUT2D eigenvalue weighted by molar-refractivity contribution is -0.207. The number of benzene rings is 1. The minimum atomic E-state index is -1.21. The molecule has 0 bridgehead atoms. The Morgan fingerprint density at radius 2 is 1.85 bits per heavy atom. The molecule has 1 saturated heterocycles. The Bertz CT molecular complexity index is 793. The van der Waals surface area contributed by atoms with Gasteiger partial charge in [-0.2, -0.15) is 0 Å². The van der Waals surface area contributed by atoms with Crippen LogP contribution in [0.15, 0.2) is 18.2 Å². The maximum Gasteiger partial charge on any atom is 0.410 e. The molecule has 1 heterocycles. The van der Waals surface area contributed by atoms with Crippen molar-refractivity contribution in [2.24, 2.45) is 11.7 Å². The molecule has 0 radical (unpaired) electrons. The largest absolute Gasteiger partial charge is 0.444 e. The minimum absolute atomic E-state index is 0.000947. The number of rotatable bonds is 7. The summed E-state index contributed by atoms with van der Waals surface area (Å²) in [6.07, 6.45) is 3.48. The molecule has 1 amide bonds. The van der Waals surface area contributed by atoms with Gasteiger partial charge < -0.3 is 25.1 Å². The normalized spacial score (nSPS) is 24.0. The molecule has 34 heavy (non-hydrogen) atoms. The number of hydrogen-bond acceptors (Lipinski definition) is 6. The van der Waals surface area contributed by atoms with Crippen molar-refractivity contribution >= 4 is 6.09 Å². The van der Waals surface area contributed by atoms with Gasteiger partial charge in [-0.1, -0.05) is 19.3 Å². The highest BCUT2D eigenvalue weighted by Crippen LogP contribution is 2.26. The second-order valence-corrected chi connectivity index (χ2v) is 10.4. The lowest BCUT2D eigenvalue weighted by Gasteiger charge is -2.43. The molecule has 1 aliphatic heterocycles. The second-order valence-electron chi connectivity index (χ2n) is 10.4. The summed E-state index contributed by atoms with van der Waals surface area (Å²) in [7, 11) is 0. The fraction of sp³-hybridized carbons (Fsp3) is 0.720. The van der Waals surface area contributed by atoms with Crippen LogP contribution in [0.25, 0.3) is 0 Å². The number of hydrogen-bond donors (Lipinski definition) is 2. The molecule has 7 nitrogen and oxygen atoms in total. The van der Waals surface area contributed by atoms with Crippen LogP contribution in [0.2, 0.25) is 0 Å². The van der Waals surface area contributed by atoms with E-state index in [1.807, 2.05) is 0 Å². The summed E-state index contributed by atoms with van der Waals surface area (Å²) >= 11 is 0. The lowest BCUT2D eigenvalue weighted by atomic mass is 9.90. The number of halogens is 2. The summed E-state index contributed by atoms with van der Waals surface area (Å²) in [5.74, 6) is -0.951. The highest BCUT2D eigenvalue weighted by Gasteiger charge is 2.41. The Morgan fingerprint density at radius 3 is 2.47 bits per heavy atom. The summed E-state index contributed by atoms with van der Waals surface area (Å²) in [5.41, 5.74) is 5.79. The van der Waals surface area contributed by atoms with E-state index in [4.69, 9.17) is 19.9 Å². The van der Waals surface area contributed by atoms with Crippen LogP contribution < -0.4 is 5.73 Å². The van der Waals surface area contributed by atoms with E-state index in [9.17, 15) is 18.7 Å². The first-order chi connectivity index (χ1) is 16.0. The summed E-state index contributed by atoms with van der Waals surface area (Å²) in [6.45, 7) is 5.94. The average molecular weight is 485 g/mol. The van der Waals surface area contributed by atoms with Crippen LogP contribution in [0, 0.1) is 17.6 Å². The monoisotopic (exact) mass is 484 g/mol. The Labute approximate surface area is 200 Å². The first-order valence-electron chi connectivity index (χ1n) is 12.1. The second kappa shape index (κ2) is 11.7. The summed E-state index contributed by atoms with van der Waals surface area (Å²) < 4.78 is 44.5. The molecule has 1 aromatic rings. The van der Waals surface area contributed by atoms with Crippen molar-refractivity contribution in [3.63, 3.8) is 0 Å². The minimum Gasteiger partial charge on any atom is -0.444 e. The Balaban J connectivity index is 1.67. The van der Waals surface area contributed by atoms with E-state index in [2.05, 4.69) is 0 Å². The third-order valence-corrected chi connectivity index (χ3v) is 6.30. The number of nitrogens with two attached hydrogens (primary N) is 1. The molecule has 2 fully saturated rings. The molecule has 3 rings (SSSR count). The fourth-order valence-corrected chi connectivity index (χ4v) is 4.56. The third-order valence-electron chi connectivity index (χ3n) is 6.30. The number of amides is 1. The zero-order valence-electron chi connectivity index (χ0n) is 20.3. The van der Waals surface area contributed by atoms with Crippen molar-refractivity contribution in [2.75, 3.05) is 19.8 Å². The van der Waals surface area contributed by atoms with Gasteiger partial charge in [0.2, 0.25) is 0 Å². The summed E-state index contributed by atoms with van der Waals surface area (Å²) in [6, 6.07) is 1.44. The van der Waals surface area contributed by atoms with Crippen LogP contribution in [0.5, 0.6) is 0 Å². The van der Waals surface area contributed by atoms with Crippen molar-refractivity contribution in [2.45, 2.75) is 89.4 Å². The Hall–Kier alpha value is -1.81. The predicted molar refractivity (Wildman–Crippen MR) is 123 cm³/mol. The number of aliphatic hydroxyl groups excluding tert-OH is 1. The quantitative estimate of drug-likeness (QED) is 0.612. The van der Waals surface area contributed by atoms with Gasteiger partial charge in [0.1, 0.15) is 17.2 Å². The molecule has 1 aliphatic carbocycles. The van der Waals surface area contributed by atoms with Crippen LogP contribution in [0.4, 0.5) is 13.6 Å². The molecule has 0 spiro atoms. The molecule has 1 aromatic carbocycles. The van der Waals surface area contributed by atoms with Crippen molar-refractivity contribution < 1.29 is 32.9 Å². The number of ether oxygens (including phenoxy) is 3. The van der Waals surface area contributed by atoms with Gasteiger partial charge in [-0.25, -0.2) is 13.6 Å². The van der Waals surface area contributed by atoms with Gasteiger partial charge >= 0.3 is 6.09 Å². The van der Waals surface area contributed by atoms with Crippen molar-refractivity contribution in [1.82, 2.24) is 4.90 Å². The highest BCUT2D eigenvalue weighted by molar-refractivity contribution is 5.69. The predicted octanol–water partition coefficient (Wildman–Crippen LogP) is 3.75. The van der Waals surface area contributed by atoms with E-state index in [0.29, 0.717) is 18.1 Å². The fourth-order valence-electron chi connectivity index (χ4n) is 4.56. The number of nitrogens with zero attached hydrogens (tertiary/aromatic N) is 1. The molecule has 4 unspecified atom stereocenters. The zero-order chi connectivity index (χ0) is 24.9. The summed E-state index contributed by atoms with van der Waals surface area (Å²) in [4.78, 5) is 14.4. The molecule has 2 aliphatic rings. The molecule has 0 aromatic heterocycles. The standard InChI is InChI=1S/C25H38F2N2O5/c1-25(2,3)34-24(31)29-13-22(32-14-16-7-5-4-6-8-16)33-15-21(29)23(30)20(28)11-17-9-18(26)12-19(27)10-17/h9-10,12,16,20-23,30H,4-8,11,13-15,28H2,1-3H3. The topological polar surface area (TPSA) is 94.2 Å². The van der Waals surface area contributed by atoms with E-state index >= 15 is 0 Å². The van der Waals surface area contributed by atoms with E-state index in [1.165, 1.54) is 36.3 Å². The van der Waals surface area contributed by atoms with E-state index in [-0.39, 0.29) is 19.6 Å². The number of aliphatic hydroxyl groups is 1. The van der Waals surface area contributed by atoms with Gasteiger partial charge in [-0.15, -0.1) is 0 Å². The molecule has 4 atom stereocenters. The lowest BCUT2D eigenvalue weighted by Crippen LogP contribution is -2.61. The maximum atomic E-state index is 13.6. The van der Waals surface area contributed by atoms with Crippen molar-refractivity contribution in [3.05, 3.63) is 35.4 Å². The number of morpholine rings is 1. The highest BCUT2D eigenvalue weighted by atomic mass is 19.1. The number of carbonyl (C=O) groups excluding carboxylic acids is 1. The Morgan fingerprint density at radius 1 is 1.21 bits per heavy atom. The van der Waals surface area contributed by atoms with Gasteiger partial charge in [0.25, 0.3) is 0 Å². The molecule has 192 valence electrons. The average Bonchev–Trinajstić information content (AvgIpc) is 2.76. The van der Waals surface area contributed by atoms with E-state index in [0.717, 1.165) is 18.9 Å². The van der Waals surface area contributed by atoms with Crippen LogP contribution in [-0.4, -0.2) is 65.9 Å². The third kappa shape index (κ3) is 7.86. The zero-order valence-corrected chi connectivity index (χ0v) is 20.3. The van der Waals surface area contributed by atoms with Crippen LogP contribution in [-0.2, 0) is 20.6 Å². The molecular formula is C25H38F2N2O5. The van der Waals surface area contributed by atoms with Crippen LogP contribution in [0.3, 0.4) is 0 Å². The summed E-state index contributed by atoms with van der Waals surface area (Å²) in [5, 5.41) is 11.0. The van der Waals surface area contributed by atoms with Crippen molar-refractivity contribution in [1.29, 1.82) is 0 Å². The SMILES string of the molecule is CC(C)(C)OC(=O)N1CC(OCC2CCCCC2)OCC1C(O)C(N)Cc1cc(F)cc(F)c1. The molecular weight excluding hydrogens is 446 g/mol. The Kier molecular flexibility index (Phi) is 9.26. The molecule has 1 saturated carbocycles. The van der Waals surface area contributed by atoms with Crippen molar-refractivity contribution in [3.8, 4) is 0 Å². The van der Waals surface area contributed by atoms with Gasteiger partial charge in [0.05, 0.1) is 31.9 Å². The van der Waals surface area contributed by atoms with Gasteiger partial charge in [0, 0.05) is 12.1 Å². The van der Waals surface area contributed by atoms with E-state index in [1.54, 1.807) is 20.8 Å². The van der Waals surface area contributed by atoms with Crippen LogP contribution >= 0.6 is 0 Å². The molecule has 9 heteroatoms. The van der Waals surface area contributed by atoms with E-state index < -0.39 is 47.8 Å². The van der Waals surface area contributed by atoms with Gasteiger partial charge in [0.15, 0.2) is 6.29 Å². The molecule has 3 N–H and O–H groups in total. The van der Waals surface area contributed by atoms with Crippen LogP contribution in [0.1, 0.15) is 58.4 Å². The van der Waals surface area contributed by atoms with Gasteiger partial charge in [-0.3, -0.25) is 4.90 Å². The smallest absolute Gasteiger partial charge is 0.410 e. The first kappa shape index (κ1) is 26.8. The first-order valence-corrected chi connectivity index (χ1v) is 12.1. The van der Waals surface area contributed by atoms with Gasteiger partial charge in [-0.05, 0) is 63.6 Å². The maximum absolute atomic E-state index is 13.6. The number of carbonyl (C=O) groups is 1.